The lowest BCUT2D eigenvalue weighted by Crippen LogP contribution is -2.07. The smallest absolute Gasteiger partial charge is 0.264 e. The van der Waals surface area contributed by atoms with Crippen LogP contribution in [0.5, 0.6) is 11.5 Å². The average Bonchev–Trinajstić information content (AvgIpc) is 2.50. The summed E-state index contributed by atoms with van der Waals surface area (Å²) in [5, 5.41) is 0. The predicted molar refractivity (Wildman–Crippen MR) is 66.4 cm³/mol. The maximum absolute atomic E-state index is 11.1. The van der Waals surface area contributed by atoms with Crippen molar-refractivity contribution in [2.75, 3.05) is 19.5 Å². The van der Waals surface area contributed by atoms with Crippen LogP contribution >= 0.6 is 0 Å². The third kappa shape index (κ3) is 3.36. The van der Waals surface area contributed by atoms with Crippen LogP contribution in [-0.2, 0) is 14.3 Å². The van der Waals surface area contributed by atoms with Gasteiger partial charge in [-0.1, -0.05) is 6.07 Å². The lowest BCUT2D eigenvalue weighted by Gasteiger charge is -2.14. The quantitative estimate of drug-likeness (QED) is 0.786. The monoisotopic (exact) mass is 272 g/mol. The Morgan fingerprint density at radius 3 is 2.56 bits per heavy atom. The van der Waals surface area contributed by atoms with Gasteiger partial charge in [0.15, 0.2) is 11.5 Å². The van der Waals surface area contributed by atoms with Gasteiger partial charge in [-0.05, 0) is 24.6 Å². The fourth-order valence-corrected chi connectivity index (χ4v) is 2.39. The van der Waals surface area contributed by atoms with Gasteiger partial charge in [0.05, 0.1) is 25.6 Å². The average molecular weight is 272 g/mol. The zero-order chi connectivity index (χ0) is 13.2. The Hall–Kier alpha value is -1.27. The van der Waals surface area contributed by atoms with Gasteiger partial charge in [-0.2, -0.15) is 8.42 Å². The molecule has 1 aromatic carbocycles. The molecule has 1 aromatic rings. The van der Waals surface area contributed by atoms with E-state index in [9.17, 15) is 8.42 Å². The summed E-state index contributed by atoms with van der Waals surface area (Å²) in [5.74, 6) is 1.32. The third-order valence-corrected chi connectivity index (χ3v) is 3.20. The van der Waals surface area contributed by atoms with Crippen LogP contribution in [0.1, 0.15) is 25.0 Å². The molecule has 0 N–H and O–H groups in total. The van der Waals surface area contributed by atoms with E-state index >= 15 is 0 Å². The maximum Gasteiger partial charge on any atom is 0.264 e. The van der Waals surface area contributed by atoms with Crippen LogP contribution in [0.4, 0.5) is 0 Å². The second-order valence-corrected chi connectivity index (χ2v) is 5.80. The Balaban J connectivity index is 2.22. The molecule has 1 aliphatic heterocycles. The van der Waals surface area contributed by atoms with Crippen LogP contribution in [0.3, 0.4) is 0 Å². The number of benzene rings is 1. The van der Waals surface area contributed by atoms with E-state index in [-0.39, 0.29) is 0 Å². The normalized spacial score (nSPS) is 17.0. The van der Waals surface area contributed by atoms with Gasteiger partial charge in [-0.3, -0.25) is 4.18 Å². The second-order valence-electron chi connectivity index (χ2n) is 4.20. The van der Waals surface area contributed by atoms with Gasteiger partial charge in [0.1, 0.15) is 0 Å². The SMILES string of the molecule is CC(OS(C)(=O)=O)c1ccc2c(c1)OCCCO2. The predicted octanol–water partition coefficient (Wildman–Crippen LogP) is 1.89. The largest absolute Gasteiger partial charge is 0.490 e. The van der Waals surface area contributed by atoms with Crippen LogP contribution in [-0.4, -0.2) is 27.9 Å². The zero-order valence-corrected chi connectivity index (χ0v) is 11.2. The van der Waals surface area contributed by atoms with Crippen molar-refractivity contribution in [3.63, 3.8) is 0 Å². The van der Waals surface area contributed by atoms with Crippen molar-refractivity contribution in [3.8, 4) is 11.5 Å². The summed E-state index contributed by atoms with van der Waals surface area (Å²) < 4.78 is 38.1. The number of rotatable bonds is 3. The lowest BCUT2D eigenvalue weighted by molar-refractivity contribution is 0.235. The van der Waals surface area contributed by atoms with Gasteiger partial charge in [0, 0.05) is 6.42 Å². The Labute approximate surface area is 107 Å². The second kappa shape index (κ2) is 5.16. The van der Waals surface area contributed by atoms with Crippen molar-refractivity contribution in [1.82, 2.24) is 0 Å². The maximum atomic E-state index is 11.1. The first-order valence-corrected chi connectivity index (χ1v) is 7.55. The molecule has 1 unspecified atom stereocenters. The highest BCUT2D eigenvalue weighted by atomic mass is 32.2. The molecule has 1 atom stereocenters. The lowest BCUT2D eigenvalue weighted by atomic mass is 10.1. The van der Waals surface area contributed by atoms with Gasteiger partial charge in [0.25, 0.3) is 10.1 Å². The van der Waals surface area contributed by atoms with Crippen molar-refractivity contribution in [1.29, 1.82) is 0 Å². The molecular formula is C12H16O5S. The van der Waals surface area contributed by atoms with Crippen molar-refractivity contribution in [2.24, 2.45) is 0 Å². The van der Waals surface area contributed by atoms with Gasteiger partial charge >= 0.3 is 0 Å². The highest BCUT2D eigenvalue weighted by Crippen LogP contribution is 2.33. The summed E-state index contributed by atoms with van der Waals surface area (Å²) in [6, 6.07) is 5.32. The summed E-state index contributed by atoms with van der Waals surface area (Å²) in [6.07, 6.45) is 1.32. The minimum atomic E-state index is -3.47. The Morgan fingerprint density at radius 2 is 1.89 bits per heavy atom. The number of fused-ring (bicyclic) bond motifs is 1. The summed E-state index contributed by atoms with van der Waals surface area (Å²) in [6.45, 7) is 2.90. The molecule has 0 aromatic heterocycles. The standard InChI is InChI=1S/C12H16O5S/c1-9(17-18(2,13)14)10-4-5-11-12(8-10)16-7-3-6-15-11/h4-5,8-9H,3,6-7H2,1-2H3. The zero-order valence-electron chi connectivity index (χ0n) is 10.4. The molecular weight excluding hydrogens is 256 g/mol. The molecule has 5 nitrogen and oxygen atoms in total. The van der Waals surface area contributed by atoms with Crippen LogP contribution in [0.2, 0.25) is 0 Å². The molecule has 0 bridgehead atoms. The van der Waals surface area contributed by atoms with Crippen molar-refractivity contribution in [2.45, 2.75) is 19.4 Å². The molecule has 0 fully saturated rings. The van der Waals surface area contributed by atoms with Crippen molar-refractivity contribution < 1.29 is 22.1 Å². The minimum Gasteiger partial charge on any atom is -0.490 e. The van der Waals surface area contributed by atoms with Gasteiger partial charge in [0.2, 0.25) is 0 Å². The molecule has 0 saturated heterocycles. The molecule has 1 aliphatic rings. The topological polar surface area (TPSA) is 61.8 Å². The summed E-state index contributed by atoms with van der Waals surface area (Å²) in [5.41, 5.74) is 0.740. The molecule has 0 aliphatic carbocycles. The Kier molecular flexibility index (Phi) is 3.77. The summed E-state index contributed by atoms with van der Waals surface area (Å²) in [7, 11) is -3.47. The number of hydrogen-bond donors (Lipinski definition) is 0. The molecule has 0 spiro atoms. The van der Waals surface area contributed by atoms with Crippen LogP contribution in [0.15, 0.2) is 18.2 Å². The Bertz CT molecular complexity index is 523. The molecule has 18 heavy (non-hydrogen) atoms. The fourth-order valence-electron chi connectivity index (χ4n) is 1.75. The Morgan fingerprint density at radius 1 is 1.22 bits per heavy atom. The van der Waals surface area contributed by atoms with Crippen molar-refractivity contribution in [3.05, 3.63) is 23.8 Å². The molecule has 0 radical (unpaired) electrons. The van der Waals surface area contributed by atoms with Crippen molar-refractivity contribution >= 4 is 10.1 Å². The van der Waals surface area contributed by atoms with Gasteiger partial charge in [-0.15, -0.1) is 0 Å². The highest BCUT2D eigenvalue weighted by Gasteiger charge is 2.16. The summed E-state index contributed by atoms with van der Waals surface area (Å²) in [4.78, 5) is 0. The van der Waals surface area contributed by atoms with Gasteiger partial charge in [-0.25, -0.2) is 0 Å². The number of ether oxygens (including phenoxy) is 2. The molecule has 1 heterocycles. The highest BCUT2D eigenvalue weighted by molar-refractivity contribution is 7.86. The molecule has 0 amide bonds. The summed E-state index contributed by atoms with van der Waals surface area (Å²) >= 11 is 0. The van der Waals surface area contributed by atoms with Crippen LogP contribution in [0.25, 0.3) is 0 Å². The molecule has 6 heteroatoms. The first-order chi connectivity index (χ1) is 8.46. The third-order valence-electron chi connectivity index (χ3n) is 2.56. The first kappa shape index (κ1) is 13.2. The number of hydrogen-bond acceptors (Lipinski definition) is 5. The molecule has 0 saturated carbocycles. The fraction of sp³-hybridized carbons (Fsp3) is 0.500. The van der Waals surface area contributed by atoms with Crippen LogP contribution < -0.4 is 9.47 Å². The first-order valence-electron chi connectivity index (χ1n) is 5.73. The van der Waals surface area contributed by atoms with E-state index < -0.39 is 16.2 Å². The molecule has 2 rings (SSSR count). The van der Waals surface area contributed by atoms with E-state index in [0.29, 0.717) is 24.7 Å². The van der Waals surface area contributed by atoms with E-state index in [1.807, 2.05) is 0 Å². The van der Waals surface area contributed by atoms with E-state index in [1.54, 1.807) is 25.1 Å². The van der Waals surface area contributed by atoms with E-state index in [0.717, 1.165) is 18.2 Å². The van der Waals surface area contributed by atoms with E-state index in [4.69, 9.17) is 13.7 Å². The van der Waals surface area contributed by atoms with Gasteiger partial charge < -0.3 is 9.47 Å². The van der Waals surface area contributed by atoms with E-state index in [2.05, 4.69) is 0 Å². The molecule has 100 valence electrons. The van der Waals surface area contributed by atoms with Crippen LogP contribution in [0, 0.1) is 0 Å². The minimum absolute atomic E-state index is 0.544. The van der Waals surface area contributed by atoms with E-state index in [1.165, 1.54) is 0 Å².